The number of hydrogen-bond donors (Lipinski definition) is 2. The number of nitrogens with two attached hydrogens (primary N) is 1. The molecule has 18 heavy (non-hydrogen) atoms. The molecule has 0 aromatic heterocycles. The van der Waals surface area contributed by atoms with Gasteiger partial charge in [0.25, 0.3) is 5.91 Å². The minimum Gasteiger partial charge on any atom is -0.492 e. The first-order valence-corrected chi connectivity index (χ1v) is 6.11. The van der Waals surface area contributed by atoms with E-state index in [1.54, 1.807) is 23.1 Å². The van der Waals surface area contributed by atoms with Crippen LogP contribution in [0.25, 0.3) is 0 Å². The van der Waals surface area contributed by atoms with Crippen molar-refractivity contribution in [2.24, 2.45) is 0 Å². The molecule has 5 nitrogen and oxygen atoms in total. The van der Waals surface area contributed by atoms with E-state index in [0.717, 1.165) is 0 Å². The Morgan fingerprint density at radius 2 is 2.39 bits per heavy atom. The van der Waals surface area contributed by atoms with E-state index in [1.807, 2.05) is 6.92 Å². The largest absolute Gasteiger partial charge is 0.492 e. The van der Waals surface area contributed by atoms with Crippen molar-refractivity contribution >= 4 is 11.6 Å². The number of anilines is 1. The smallest absolute Gasteiger partial charge is 0.254 e. The Morgan fingerprint density at radius 1 is 1.61 bits per heavy atom. The van der Waals surface area contributed by atoms with Crippen LogP contribution in [0.2, 0.25) is 0 Å². The van der Waals surface area contributed by atoms with Crippen molar-refractivity contribution in [3.8, 4) is 5.75 Å². The average molecular weight is 250 g/mol. The second-order valence-corrected chi connectivity index (χ2v) is 4.38. The minimum absolute atomic E-state index is 0.0960. The highest BCUT2D eigenvalue weighted by Crippen LogP contribution is 2.24. The monoisotopic (exact) mass is 250 g/mol. The number of nitrogen functional groups attached to an aromatic ring is 1. The van der Waals surface area contributed by atoms with Crippen LogP contribution in [0.3, 0.4) is 0 Å². The van der Waals surface area contributed by atoms with Gasteiger partial charge >= 0.3 is 0 Å². The molecule has 1 heterocycles. The van der Waals surface area contributed by atoms with Crippen molar-refractivity contribution in [2.45, 2.75) is 19.4 Å². The summed E-state index contributed by atoms with van der Waals surface area (Å²) in [4.78, 5) is 13.8. The van der Waals surface area contributed by atoms with Gasteiger partial charge in [0.2, 0.25) is 0 Å². The Kier molecular flexibility index (Phi) is 3.72. The molecule has 1 fully saturated rings. The predicted molar refractivity (Wildman–Crippen MR) is 68.6 cm³/mol. The van der Waals surface area contributed by atoms with Gasteiger partial charge in [0, 0.05) is 18.7 Å². The first-order chi connectivity index (χ1) is 8.61. The van der Waals surface area contributed by atoms with Gasteiger partial charge in [0.15, 0.2) is 0 Å². The summed E-state index contributed by atoms with van der Waals surface area (Å²) in [6.07, 6.45) is 0.229. The molecule has 1 amide bonds. The number of carbonyl (C=O) groups is 1. The average Bonchev–Trinajstić information content (AvgIpc) is 2.78. The Morgan fingerprint density at radius 3 is 2.94 bits per heavy atom. The SMILES string of the molecule is CCOc1ccc(C(=O)N2CC[C@@H](O)C2)cc1N. The summed E-state index contributed by atoms with van der Waals surface area (Å²) in [5.74, 6) is 0.497. The minimum atomic E-state index is -0.408. The molecule has 0 bridgehead atoms. The third-order valence-corrected chi connectivity index (χ3v) is 3.01. The van der Waals surface area contributed by atoms with Crippen molar-refractivity contribution in [2.75, 3.05) is 25.4 Å². The maximum Gasteiger partial charge on any atom is 0.254 e. The van der Waals surface area contributed by atoms with Crippen LogP contribution in [0.5, 0.6) is 5.75 Å². The lowest BCUT2D eigenvalue weighted by molar-refractivity contribution is 0.0765. The predicted octanol–water partition coefficient (Wildman–Crippen LogP) is 0.874. The molecule has 1 saturated heterocycles. The number of β-amino-alcohol motifs (C(OH)–C–C–N with tert-alkyl or cyclic N) is 1. The summed E-state index contributed by atoms with van der Waals surface area (Å²) < 4.78 is 5.32. The number of nitrogens with zero attached hydrogens (tertiary/aromatic N) is 1. The number of carbonyl (C=O) groups excluding carboxylic acids is 1. The molecule has 0 unspecified atom stereocenters. The van der Waals surface area contributed by atoms with Crippen LogP contribution in [0.4, 0.5) is 5.69 Å². The Labute approximate surface area is 106 Å². The second kappa shape index (κ2) is 5.27. The molecular formula is C13H18N2O3. The number of hydrogen-bond acceptors (Lipinski definition) is 4. The van der Waals surface area contributed by atoms with Crippen molar-refractivity contribution in [1.29, 1.82) is 0 Å². The highest BCUT2D eigenvalue weighted by atomic mass is 16.5. The fraction of sp³-hybridized carbons (Fsp3) is 0.462. The van der Waals surface area contributed by atoms with Gasteiger partial charge in [-0.1, -0.05) is 0 Å². The number of benzene rings is 1. The molecule has 0 spiro atoms. The van der Waals surface area contributed by atoms with E-state index in [4.69, 9.17) is 10.5 Å². The summed E-state index contributed by atoms with van der Waals surface area (Å²) >= 11 is 0. The molecule has 1 atom stereocenters. The molecule has 0 saturated carbocycles. The molecule has 98 valence electrons. The molecular weight excluding hydrogens is 232 g/mol. The standard InChI is InChI=1S/C13H18N2O3/c1-2-18-12-4-3-9(7-11(12)14)13(17)15-6-5-10(16)8-15/h3-4,7,10,16H,2,5-6,8,14H2,1H3/t10-/m1/s1. The first-order valence-electron chi connectivity index (χ1n) is 6.11. The summed E-state index contributed by atoms with van der Waals surface area (Å²) in [5, 5.41) is 9.43. The van der Waals surface area contributed by atoms with Gasteiger partial charge in [0.1, 0.15) is 5.75 Å². The third kappa shape index (κ3) is 2.56. The van der Waals surface area contributed by atoms with Crippen LogP contribution >= 0.6 is 0 Å². The van der Waals surface area contributed by atoms with Crippen LogP contribution in [0.1, 0.15) is 23.7 Å². The van der Waals surface area contributed by atoms with Crippen LogP contribution in [0.15, 0.2) is 18.2 Å². The van der Waals surface area contributed by atoms with E-state index in [-0.39, 0.29) is 5.91 Å². The quantitative estimate of drug-likeness (QED) is 0.781. The Bertz CT molecular complexity index is 448. The zero-order valence-electron chi connectivity index (χ0n) is 10.4. The van der Waals surface area contributed by atoms with E-state index in [0.29, 0.717) is 43.1 Å². The topological polar surface area (TPSA) is 75.8 Å². The number of likely N-dealkylation sites (tertiary alicyclic amines) is 1. The van der Waals surface area contributed by atoms with Gasteiger partial charge in [-0.15, -0.1) is 0 Å². The number of rotatable bonds is 3. The zero-order valence-corrected chi connectivity index (χ0v) is 10.4. The van der Waals surface area contributed by atoms with E-state index in [9.17, 15) is 9.90 Å². The molecule has 1 aliphatic heterocycles. The van der Waals surface area contributed by atoms with Gasteiger partial charge in [-0.25, -0.2) is 0 Å². The Balaban J connectivity index is 2.13. The summed E-state index contributed by atoms with van der Waals surface area (Å²) in [6, 6.07) is 5.03. The van der Waals surface area contributed by atoms with Gasteiger partial charge in [0.05, 0.1) is 18.4 Å². The van der Waals surface area contributed by atoms with Crippen LogP contribution in [-0.2, 0) is 0 Å². The summed E-state index contributed by atoms with van der Waals surface area (Å²) in [5.41, 5.74) is 6.82. The maximum absolute atomic E-state index is 12.1. The van der Waals surface area contributed by atoms with E-state index < -0.39 is 6.10 Å². The molecule has 1 aromatic carbocycles. The van der Waals surface area contributed by atoms with Crippen LogP contribution < -0.4 is 10.5 Å². The zero-order chi connectivity index (χ0) is 13.1. The van der Waals surface area contributed by atoms with Crippen molar-refractivity contribution in [3.63, 3.8) is 0 Å². The van der Waals surface area contributed by atoms with E-state index in [2.05, 4.69) is 0 Å². The van der Waals surface area contributed by atoms with Crippen LogP contribution in [0, 0.1) is 0 Å². The van der Waals surface area contributed by atoms with E-state index >= 15 is 0 Å². The Hall–Kier alpha value is -1.75. The van der Waals surface area contributed by atoms with Crippen molar-refractivity contribution < 1.29 is 14.6 Å². The lowest BCUT2D eigenvalue weighted by Gasteiger charge is -2.16. The third-order valence-electron chi connectivity index (χ3n) is 3.01. The highest BCUT2D eigenvalue weighted by molar-refractivity contribution is 5.95. The fourth-order valence-electron chi connectivity index (χ4n) is 2.08. The number of aliphatic hydroxyl groups excluding tert-OH is 1. The van der Waals surface area contributed by atoms with E-state index in [1.165, 1.54) is 0 Å². The van der Waals surface area contributed by atoms with Gasteiger partial charge in [-0.3, -0.25) is 4.79 Å². The van der Waals surface area contributed by atoms with Gasteiger partial charge in [-0.2, -0.15) is 0 Å². The highest BCUT2D eigenvalue weighted by Gasteiger charge is 2.25. The molecule has 0 radical (unpaired) electrons. The maximum atomic E-state index is 12.1. The molecule has 0 aliphatic carbocycles. The molecule has 3 N–H and O–H groups in total. The number of amides is 1. The van der Waals surface area contributed by atoms with Crippen molar-refractivity contribution in [3.05, 3.63) is 23.8 Å². The lowest BCUT2D eigenvalue weighted by atomic mass is 10.1. The second-order valence-electron chi connectivity index (χ2n) is 4.38. The van der Waals surface area contributed by atoms with Gasteiger partial charge in [-0.05, 0) is 31.5 Å². The molecule has 5 heteroatoms. The fourth-order valence-corrected chi connectivity index (χ4v) is 2.08. The van der Waals surface area contributed by atoms with Gasteiger partial charge < -0.3 is 20.5 Å². The van der Waals surface area contributed by atoms with Crippen molar-refractivity contribution in [1.82, 2.24) is 4.90 Å². The molecule has 2 rings (SSSR count). The number of ether oxygens (including phenoxy) is 1. The normalized spacial score (nSPS) is 19.0. The number of aliphatic hydroxyl groups is 1. The lowest BCUT2D eigenvalue weighted by Crippen LogP contribution is -2.29. The summed E-state index contributed by atoms with van der Waals surface area (Å²) in [6.45, 7) is 3.40. The van der Waals surface area contributed by atoms with Crippen LogP contribution in [-0.4, -0.2) is 41.7 Å². The summed E-state index contributed by atoms with van der Waals surface area (Å²) in [7, 11) is 0. The molecule has 1 aromatic rings. The first kappa shape index (κ1) is 12.7. The molecule has 1 aliphatic rings.